The third-order valence-corrected chi connectivity index (χ3v) is 6.93. The first-order chi connectivity index (χ1) is 15.6. The van der Waals surface area contributed by atoms with E-state index in [-0.39, 0.29) is 5.78 Å². The Labute approximate surface area is 188 Å². The van der Waals surface area contributed by atoms with E-state index < -0.39 is 0 Å². The molecule has 0 amide bonds. The van der Waals surface area contributed by atoms with Crippen molar-refractivity contribution in [1.82, 2.24) is 25.1 Å². The van der Waals surface area contributed by atoms with Crippen LogP contribution in [0.5, 0.6) is 0 Å². The van der Waals surface area contributed by atoms with Gasteiger partial charge >= 0.3 is 0 Å². The fourth-order valence-corrected chi connectivity index (χ4v) is 5.09. The number of aromatic nitrogens is 4. The van der Waals surface area contributed by atoms with Crippen LogP contribution < -0.4 is 0 Å². The minimum atomic E-state index is 0.257. The number of hydrogen-bond donors (Lipinski definition) is 0. The number of ketones is 1. The summed E-state index contributed by atoms with van der Waals surface area (Å²) in [5, 5.41) is 12.0. The van der Waals surface area contributed by atoms with Crippen LogP contribution in [0.3, 0.4) is 0 Å². The van der Waals surface area contributed by atoms with Crippen LogP contribution in [0.25, 0.3) is 28.6 Å². The van der Waals surface area contributed by atoms with E-state index in [0.29, 0.717) is 6.42 Å². The third kappa shape index (κ3) is 3.58. The van der Waals surface area contributed by atoms with Gasteiger partial charge in [-0.1, -0.05) is 49.8 Å². The van der Waals surface area contributed by atoms with Crippen molar-refractivity contribution in [3.05, 3.63) is 58.2 Å². The molecule has 2 aliphatic rings. The number of rotatable bonds is 6. The van der Waals surface area contributed by atoms with E-state index in [1.807, 2.05) is 13.1 Å². The van der Waals surface area contributed by atoms with Gasteiger partial charge in [-0.3, -0.25) is 4.79 Å². The first-order valence-electron chi connectivity index (χ1n) is 11.6. The number of Topliss-reactive ketones (excluding diaryl/α,β-unsaturated/α-hetero) is 1. The van der Waals surface area contributed by atoms with Crippen molar-refractivity contribution in [3.8, 4) is 22.5 Å². The number of hydrogen-bond acceptors (Lipinski definition) is 5. The summed E-state index contributed by atoms with van der Waals surface area (Å²) in [6.07, 6.45) is 5.75. The topological polar surface area (TPSA) is 63.9 Å². The number of aryl methyl sites for hydroxylation is 1. The van der Waals surface area contributed by atoms with Crippen molar-refractivity contribution in [3.63, 3.8) is 0 Å². The molecule has 2 aromatic carbocycles. The smallest absolute Gasteiger partial charge is 0.181 e. The molecule has 0 bridgehead atoms. The normalized spacial score (nSPS) is 14.8. The summed E-state index contributed by atoms with van der Waals surface area (Å²) in [5.74, 6) is 1.00. The standard InChI is InChI=1S/C26H29N5O/c1-4-31(5-2)13-12-17-14-18-6-7-20(26-27-28-29-30(26)3)16-23(18)25-19(15-17)8-9-21-22(25)10-11-24(21)32/h6-9,15-16H,4-5,10-14H2,1-3H3. The Morgan fingerprint density at radius 2 is 1.91 bits per heavy atom. The Hall–Kier alpha value is -3.12. The van der Waals surface area contributed by atoms with Crippen LogP contribution in [0.4, 0.5) is 0 Å². The number of fused-ring (bicyclic) bond motifs is 5. The van der Waals surface area contributed by atoms with Crippen molar-refractivity contribution >= 4 is 11.9 Å². The lowest BCUT2D eigenvalue weighted by atomic mass is 9.89. The number of carbonyl (C=O) groups is 1. The maximum atomic E-state index is 12.5. The number of carbonyl (C=O) groups excluding carboxylic acids is 1. The van der Waals surface area contributed by atoms with Gasteiger partial charge in [-0.15, -0.1) is 5.10 Å². The van der Waals surface area contributed by atoms with Gasteiger partial charge in [0.15, 0.2) is 11.6 Å². The molecule has 0 fully saturated rings. The van der Waals surface area contributed by atoms with Gasteiger partial charge in [-0.25, -0.2) is 4.68 Å². The summed E-state index contributed by atoms with van der Waals surface area (Å²) in [4.78, 5) is 15.0. The molecule has 0 spiro atoms. The molecule has 0 saturated heterocycles. The Bertz CT molecular complexity index is 1220. The van der Waals surface area contributed by atoms with Gasteiger partial charge in [0, 0.05) is 31.1 Å². The Balaban J connectivity index is 1.65. The van der Waals surface area contributed by atoms with E-state index in [1.165, 1.54) is 33.4 Å². The fourth-order valence-electron chi connectivity index (χ4n) is 5.09. The number of nitrogens with zero attached hydrogens (tertiary/aromatic N) is 5. The lowest BCUT2D eigenvalue weighted by Crippen LogP contribution is -2.24. The van der Waals surface area contributed by atoms with Crippen molar-refractivity contribution in [2.45, 2.75) is 39.5 Å². The summed E-state index contributed by atoms with van der Waals surface area (Å²) >= 11 is 0. The first-order valence-corrected chi connectivity index (χ1v) is 11.6. The number of tetrazole rings is 1. The van der Waals surface area contributed by atoms with Gasteiger partial charge in [0.25, 0.3) is 0 Å². The Morgan fingerprint density at radius 1 is 1.06 bits per heavy atom. The van der Waals surface area contributed by atoms with Crippen LogP contribution in [-0.4, -0.2) is 50.5 Å². The fraction of sp³-hybridized carbons (Fsp3) is 0.385. The van der Waals surface area contributed by atoms with E-state index in [4.69, 9.17) is 0 Å². The predicted octanol–water partition coefficient (Wildman–Crippen LogP) is 4.34. The maximum Gasteiger partial charge on any atom is 0.181 e. The highest BCUT2D eigenvalue weighted by atomic mass is 16.1. The third-order valence-electron chi connectivity index (χ3n) is 6.93. The minimum Gasteiger partial charge on any atom is -0.304 e. The van der Waals surface area contributed by atoms with Crippen LogP contribution in [0, 0.1) is 0 Å². The molecular formula is C26H29N5O. The highest BCUT2D eigenvalue weighted by Gasteiger charge is 2.27. The molecule has 3 aromatic rings. The van der Waals surface area contributed by atoms with Crippen LogP contribution >= 0.6 is 0 Å². The molecule has 0 aliphatic heterocycles. The molecule has 32 heavy (non-hydrogen) atoms. The van der Waals surface area contributed by atoms with Gasteiger partial charge in [-0.2, -0.15) is 0 Å². The Morgan fingerprint density at radius 3 is 2.66 bits per heavy atom. The molecule has 6 nitrogen and oxygen atoms in total. The summed E-state index contributed by atoms with van der Waals surface area (Å²) in [6, 6.07) is 10.7. The highest BCUT2D eigenvalue weighted by molar-refractivity contribution is 6.04. The van der Waals surface area contributed by atoms with Crippen molar-refractivity contribution < 1.29 is 4.79 Å². The van der Waals surface area contributed by atoms with Gasteiger partial charge in [0.05, 0.1) is 0 Å². The molecule has 0 saturated carbocycles. The second-order valence-corrected chi connectivity index (χ2v) is 8.73. The molecule has 1 aromatic heterocycles. The zero-order valence-electron chi connectivity index (χ0n) is 19.1. The monoisotopic (exact) mass is 427 g/mol. The second kappa shape index (κ2) is 8.43. The molecule has 0 radical (unpaired) electrons. The summed E-state index contributed by atoms with van der Waals surface area (Å²) in [6.45, 7) is 7.65. The Kier molecular flexibility index (Phi) is 5.47. The van der Waals surface area contributed by atoms with E-state index in [9.17, 15) is 4.79 Å². The van der Waals surface area contributed by atoms with E-state index in [1.54, 1.807) is 4.68 Å². The maximum absolute atomic E-state index is 12.5. The highest BCUT2D eigenvalue weighted by Crippen LogP contribution is 2.42. The van der Waals surface area contributed by atoms with Crippen molar-refractivity contribution in [1.29, 1.82) is 0 Å². The van der Waals surface area contributed by atoms with Crippen LogP contribution in [-0.2, 0) is 19.9 Å². The van der Waals surface area contributed by atoms with Gasteiger partial charge in [0.2, 0.25) is 0 Å². The zero-order valence-corrected chi connectivity index (χ0v) is 19.1. The zero-order chi connectivity index (χ0) is 22.2. The number of benzene rings is 2. The van der Waals surface area contributed by atoms with Crippen molar-refractivity contribution in [2.75, 3.05) is 19.6 Å². The van der Waals surface area contributed by atoms with Crippen LogP contribution in [0.15, 0.2) is 35.9 Å². The second-order valence-electron chi connectivity index (χ2n) is 8.73. The molecule has 0 unspecified atom stereocenters. The lowest BCUT2D eigenvalue weighted by molar-refractivity contribution is 0.0994. The average Bonchev–Trinajstić information content (AvgIpc) is 3.35. The summed E-state index contributed by atoms with van der Waals surface area (Å²) in [7, 11) is 1.86. The van der Waals surface area contributed by atoms with Gasteiger partial charge in [0.1, 0.15) is 0 Å². The summed E-state index contributed by atoms with van der Waals surface area (Å²) < 4.78 is 1.70. The minimum absolute atomic E-state index is 0.257. The first kappa shape index (κ1) is 20.8. The molecule has 0 N–H and O–H groups in total. The van der Waals surface area contributed by atoms with Crippen LogP contribution in [0.2, 0.25) is 0 Å². The van der Waals surface area contributed by atoms with E-state index in [0.717, 1.165) is 55.8 Å². The summed E-state index contributed by atoms with van der Waals surface area (Å²) in [5.41, 5.74) is 9.48. The van der Waals surface area contributed by atoms with E-state index in [2.05, 4.69) is 64.6 Å². The van der Waals surface area contributed by atoms with Crippen LogP contribution in [0.1, 0.15) is 53.7 Å². The van der Waals surface area contributed by atoms with Gasteiger partial charge in [-0.05, 0) is 76.7 Å². The van der Waals surface area contributed by atoms with E-state index >= 15 is 0 Å². The molecule has 1 heterocycles. The predicted molar refractivity (Wildman–Crippen MR) is 126 cm³/mol. The van der Waals surface area contributed by atoms with Crippen molar-refractivity contribution in [2.24, 2.45) is 7.05 Å². The molecule has 164 valence electrons. The quantitative estimate of drug-likeness (QED) is 0.585. The molecular weight excluding hydrogens is 398 g/mol. The molecule has 0 atom stereocenters. The largest absolute Gasteiger partial charge is 0.304 e. The molecule has 6 heteroatoms. The van der Waals surface area contributed by atoms with Gasteiger partial charge < -0.3 is 4.90 Å². The molecule has 2 aliphatic carbocycles. The molecule has 5 rings (SSSR count). The average molecular weight is 428 g/mol. The SMILES string of the molecule is CCN(CC)CCC1=Cc2ccc3c(c2-c2cc(-c4nnnn4C)ccc2C1)CCC3=O. The lowest BCUT2D eigenvalue weighted by Gasteiger charge is -2.19.